The molecular formula is C9H11N3O2. The second-order valence-electron chi connectivity index (χ2n) is 2.80. The van der Waals surface area contributed by atoms with Crippen molar-refractivity contribution in [1.82, 2.24) is 9.55 Å². The summed E-state index contributed by atoms with van der Waals surface area (Å²) in [7, 11) is 0. The lowest BCUT2D eigenvalue weighted by atomic mass is 10.2. The molecule has 74 valence electrons. The second kappa shape index (κ2) is 4.33. The van der Waals surface area contributed by atoms with Crippen LogP contribution in [0.4, 0.5) is 10.7 Å². The summed E-state index contributed by atoms with van der Waals surface area (Å²) in [4.78, 5) is 14.5. The molecule has 1 aromatic heterocycles. The van der Waals surface area contributed by atoms with Crippen LogP contribution < -0.4 is 5.73 Å². The van der Waals surface area contributed by atoms with Crippen molar-refractivity contribution < 1.29 is 9.90 Å². The van der Waals surface area contributed by atoms with Gasteiger partial charge in [-0.15, -0.1) is 12.3 Å². The number of unbranched alkanes of at least 4 members (excludes halogenated alkanes) is 1. The van der Waals surface area contributed by atoms with Crippen molar-refractivity contribution in [2.75, 3.05) is 5.73 Å². The molecule has 0 saturated carbocycles. The maximum Gasteiger partial charge on any atom is 0.418 e. The fourth-order valence-corrected chi connectivity index (χ4v) is 1.09. The molecule has 0 aromatic carbocycles. The van der Waals surface area contributed by atoms with Gasteiger partial charge in [0.25, 0.3) is 0 Å². The topological polar surface area (TPSA) is 81.1 Å². The highest BCUT2D eigenvalue weighted by Gasteiger charge is 2.09. The Hall–Kier alpha value is -1.96. The molecule has 0 unspecified atom stereocenters. The lowest BCUT2D eigenvalue weighted by Gasteiger charge is -1.92. The maximum atomic E-state index is 10.6. The van der Waals surface area contributed by atoms with Crippen molar-refractivity contribution in [2.24, 2.45) is 0 Å². The van der Waals surface area contributed by atoms with Crippen molar-refractivity contribution in [2.45, 2.75) is 19.3 Å². The SMILES string of the molecule is C#CCCCc1cn(C(=O)O)c(N)n1. The Balaban J connectivity index is 2.67. The van der Waals surface area contributed by atoms with Gasteiger partial charge in [-0.05, 0) is 12.8 Å². The van der Waals surface area contributed by atoms with Crippen LogP contribution in [0.15, 0.2) is 6.20 Å². The van der Waals surface area contributed by atoms with Gasteiger partial charge in [-0.3, -0.25) is 0 Å². The summed E-state index contributed by atoms with van der Waals surface area (Å²) in [5, 5.41) is 8.66. The minimum atomic E-state index is -1.13. The smallest absolute Gasteiger partial charge is 0.418 e. The highest BCUT2D eigenvalue weighted by molar-refractivity contribution is 5.71. The van der Waals surface area contributed by atoms with Gasteiger partial charge in [-0.1, -0.05) is 0 Å². The summed E-state index contributed by atoms with van der Waals surface area (Å²) in [5.41, 5.74) is 6.03. The average Bonchev–Trinajstić information content (AvgIpc) is 2.47. The molecule has 1 aromatic rings. The number of aryl methyl sites for hydroxylation is 1. The van der Waals surface area contributed by atoms with Gasteiger partial charge in [0.05, 0.1) is 5.69 Å². The zero-order chi connectivity index (χ0) is 10.6. The van der Waals surface area contributed by atoms with Gasteiger partial charge >= 0.3 is 6.09 Å². The van der Waals surface area contributed by atoms with Crippen LogP contribution in [0, 0.1) is 12.3 Å². The molecule has 14 heavy (non-hydrogen) atoms. The zero-order valence-electron chi connectivity index (χ0n) is 7.60. The van der Waals surface area contributed by atoms with Gasteiger partial charge in [-0.2, -0.15) is 0 Å². The van der Waals surface area contributed by atoms with E-state index in [1.54, 1.807) is 0 Å². The quantitative estimate of drug-likeness (QED) is 0.553. The summed E-state index contributed by atoms with van der Waals surface area (Å²) in [5.74, 6) is 2.49. The predicted molar refractivity (Wildman–Crippen MR) is 51.8 cm³/mol. The number of carboxylic acid groups (broad SMARTS) is 1. The van der Waals surface area contributed by atoms with Crippen LogP contribution >= 0.6 is 0 Å². The molecule has 0 bridgehead atoms. The fraction of sp³-hybridized carbons (Fsp3) is 0.333. The van der Waals surface area contributed by atoms with Gasteiger partial charge in [0, 0.05) is 12.6 Å². The molecule has 0 aliphatic carbocycles. The van der Waals surface area contributed by atoms with Crippen LogP contribution in [0.25, 0.3) is 0 Å². The largest absolute Gasteiger partial charge is 0.464 e. The minimum absolute atomic E-state index is 0.00629. The third-order valence-corrected chi connectivity index (χ3v) is 1.74. The number of rotatable bonds is 3. The Morgan fingerprint density at radius 1 is 1.79 bits per heavy atom. The molecule has 0 saturated heterocycles. The number of anilines is 1. The van der Waals surface area contributed by atoms with E-state index in [0.29, 0.717) is 18.5 Å². The van der Waals surface area contributed by atoms with Gasteiger partial charge in [0.1, 0.15) is 0 Å². The van der Waals surface area contributed by atoms with E-state index in [0.717, 1.165) is 11.0 Å². The average molecular weight is 193 g/mol. The van der Waals surface area contributed by atoms with E-state index >= 15 is 0 Å². The van der Waals surface area contributed by atoms with Crippen LogP contribution in [-0.4, -0.2) is 20.8 Å². The molecule has 0 aliphatic heterocycles. The first kappa shape index (κ1) is 10.1. The molecule has 0 amide bonds. The zero-order valence-corrected chi connectivity index (χ0v) is 7.60. The Kier molecular flexibility index (Phi) is 3.13. The summed E-state index contributed by atoms with van der Waals surface area (Å²) in [6, 6.07) is 0. The molecule has 0 radical (unpaired) electrons. The molecule has 5 heteroatoms. The molecular weight excluding hydrogens is 182 g/mol. The maximum absolute atomic E-state index is 10.6. The van der Waals surface area contributed by atoms with E-state index in [2.05, 4.69) is 10.9 Å². The van der Waals surface area contributed by atoms with Crippen LogP contribution in [0.1, 0.15) is 18.5 Å². The molecule has 0 aliphatic rings. The van der Waals surface area contributed by atoms with Crippen molar-refractivity contribution in [3.63, 3.8) is 0 Å². The van der Waals surface area contributed by atoms with E-state index in [9.17, 15) is 4.79 Å². The summed E-state index contributed by atoms with van der Waals surface area (Å²) < 4.78 is 0.894. The number of nitrogens with two attached hydrogens (primary N) is 1. The number of hydrogen-bond acceptors (Lipinski definition) is 3. The third kappa shape index (κ3) is 2.26. The van der Waals surface area contributed by atoms with Crippen molar-refractivity contribution in [3.05, 3.63) is 11.9 Å². The Bertz CT molecular complexity index is 376. The predicted octanol–water partition coefficient (Wildman–Crippen LogP) is 0.947. The van der Waals surface area contributed by atoms with Gasteiger partial charge in [-0.25, -0.2) is 14.3 Å². The van der Waals surface area contributed by atoms with Crippen LogP contribution in [0.3, 0.4) is 0 Å². The van der Waals surface area contributed by atoms with Crippen molar-refractivity contribution >= 4 is 12.0 Å². The van der Waals surface area contributed by atoms with Crippen LogP contribution in [0.5, 0.6) is 0 Å². The van der Waals surface area contributed by atoms with Gasteiger partial charge in [0.15, 0.2) is 0 Å². The molecule has 0 fully saturated rings. The normalized spacial score (nSPS) is 9.64. The van der Waals surface area contributed by atoms with E-state index in [1.807, 2.05) is 0 Å². The third-order valence-electron chi connectivity index (χ3n) is 1.74. The lowest BCUT2D eigenvalue weighted by Crippen LogP contribution is -2.09. The molecule has 5 nitrogen and oxygen atoms in total. The van der Waals surface area contributed by atoms with Crippen molar-refractivity contribution in [3.8, 4) is 12.3 Å². The fourth-order valence-electron chi connectivity index (χ4n) is 1.09. The highest BCUT2D eigenvalue weighted by Crippen LogP contribution is 2.07. The summed E-state index contributed by atoms with van der Waals surface area (Å²) >= 11 is 0. The lowest BCUT2D eigenvalue weighted by molar-refractivity contribution is 0.197. The van der Waals surface area contributed by atoms with Crippen LogP contribution in [0.2, 0.25) is 0 Å². The number of aromatic nitrogens is 2. The van der Waals surface area contributed by atoms with Crippen molar-refractivity contribution in [1.29, 1.82) is 0 Å². The number of hydrogen-bond donors (Lipinski definition) is 2. The molecule has 1 heterocycles. The molecule has 3 N–H and O–H groups in total. The number of imidazole rings is 1. The summed E-state index contributed by atoms with van der Waals surface area (Å²) in [6.07, 6.45) is 7.45. The monoisotopic (exact) mass is 193 g/mol. The summed E-state index contributed by atoms with van der Waals surface area (Å²) in [6.45, 7) is 0. The molecule has 1 rings (SSSR count). The van der Waals surface area contributed by atoms with E-state index < -0.39 is 6.09 Å². The number of nitrogen functional groups attached to an aromatic ring is 1. The van der Waals surface area contributed by atoms with E-state index in [4.69, 9.17) is 17.3 Å². The molecule has 0 atom stereocenters. The number of terminal acetylenes is 1. The first-order chi connectivity index (χ1) is 6.65. The van der Waals surface area contributed by atoms with E-state index in [-0.39, 0.29) is 5.95 Å². The Morgan fingerprint density at radius 2 is 2.50 bits per heavy atom. The first-order valence-electron chi connectivity index (χ1n) is 4.15. The molecule has 0 spiro atoms. The highest BCUT2D eigenvalue weighted by atomic mass is 16.4. The van der Waals surface area contributed by atoms with Gasteiger partial charge < -0.3 is 10.8 Å². The Morgan fingerprint density at radius 3 is 3.00 bits per heavy atom. The number of carbonyl (C=O) groups is 1. The van der Waals surface area contributed by atoms with E-state index in [1.165, 1.54) is 6.20 Å². The van der Waals surface area contributed by atoms with Crippen LogP contribution in [-0.2, 0) is 6.42 Å². The minimum Gasteiger partial charge on any atom is -0.464 e. The first-order valence-corrected chi connectivity index (χ1v) is 4.15. The standard InChI is InChI=1S/C9H11N3O2/c1-2-3-4-5-7-6-12(9(13)14)8(10)11-7/h1,6H,3-5H2,(H2,10,11)(H,13,14). The van der Waals surface area contributed by atoms with Gasteiger partial charge in [0.2, 0.25) is 5.95 Å². The second-order valence-corrected chi connectivity index (χ2v) is 2.80. The number of nitrogens with zero attached hydrogens (tertiary/aromatic N) is 2. The Labute approximate surface area is 81.6 Å².